The summed E-state index contributed by atoms with van der Waals surface area (Å²) in [6.07, 6.45) is 2.63. The molecule has 0 radical (unpaired) electrons. The average Bonchev–Trinajstić information content (AvgIpc) is 2.15. The van der Waals surface area contributed by atoms with Gasteiger partial charge in [-0.15, -0.1) is 6.58 Å². The Morgan fingerprint density at radius 2 is 2.12 bits per heavy atom. The first-order chi connectivity index (χ1) is 7.32. The van der Waals surface area contributed by atoms with Crippen LogP contribution in [0.3, 0.4) is 0 Å². The third-order valence-corrected chi connectivity index (χ3v) is 2.54. The molecule has 0 aromatic heterocycles. The number of nitrogens with one attached hydrogen (secondary N) is 1. The number of hydrogen-bond acceptors (Lipinski definition) is 3. The number of aliphatic hydroxyl groups is 1. The van der Waals surface area contributed by atoms with Crippen LogP contribution in [0.1, 0.15) is 33.6 Å². The summed E-state index contributed by atoms with van der Waals surface area (Å²) in [6, 6.07) is -0.623. The van der Waals surface area contributed by atoms with Gasteiger partial charge in [-0.1, -0.05) is 26.8 Å². The van der Waals surface area contributed by atoms with Crippen LogP contribution in [0.25, 0.3) is 0 Å². The molecule has 2 unspecified atom stereocenters. The smallest absolute Gasteiger partial charge is 0.237 e. The highest BCUT2D eigenvalue weighted by molar-refractivity contribution is 5.82. The van der Waals surface area contributed by atoms with E-state index in [0.717, 1.165) is 0 Å². The maximum Gasteiger partial charge on any atom is 0.237 e. The molecule has 94 valence electrons. The SMILES string of the molecule is C=CCC(N)C(=O)NC(CCO)C(C)(C)C. The highest BCUT2D eigenvalue weighted by Crippen LogP contribution is 2.21. The lowest BCUT2D eigenvalue weighted by molar-refractivity contribution is -0.123. The van der Waals surface area contributed by atoms with Gasteiger partial charge in [-0.2, -0.15) is 0 Å². The zero-order chi connectivity index (χ0) is 12.8. The molecule has 4 heteroatoms. The summed E-state index contributed by atoms with van der Waals surface area (Å²) >= 11 is 0. The van der Waals surface area contributed by atoms with E-state index in [9.17, 15) is 4.79 Å². The van der Waals surface area contributed by atoms with E-state index in [1.165, 1.54) is 0 Å². The minimum absolute atomic E-state index is 0.0545. The number of aliphatic hydroxyl groups excluding tert-OH is 1. The van der Waals surface area contributed by atoms with Crippen molar-refractivity contribution < 1.29 is 9.90 Å². The van der Waals surface area contributed by atoms with E-state index in [2.05, 4.69) is 11.9 Å². The molecule has 0 aliphatic rings. The maximum atomic E-state index is 11.7. The molecule has 4 nitrogen and oxygen atoms in total. The first-order valence-corrected chi connectivity index (χ1v) is 5.60. The molecular weight excluding hydrogens is 204 g/mol. The summed E-state index contributed by atoms with van der Waals surface area (Å²) in [6.45, 7) is 9.66. The number of nitrogens with two attached hydrogens (primary N) is 1. The molecule has 0 fully saturated rings. The standard InChI is InChI=1S/C12H24N2O2/c1-5-6-9(13)11(16)14-10(7-8-15)12(2,3)4/h5,9-10,15H,1,6-8,13H2,2-4H3,(H,14,16). The van der Waals surface area contributed by atoms with E-state index in [0.29, 0.717) is 12.8 Å². The Morgan fingerprint density at radius 3 is 2.50 bits per heavy atom. The second-order valence-electron chi connectivity index (χ2n) is 5.07. The molecule has 0 aromatic rings. The van der Waals surface area contributed by atoms with Crippen LogP contribution in [0.4, 0.5) is 0 Å². The molecule has 16 heavy (non-hydrogen) atoms. The second kappa shape index (κ2) is 6.66. The molecule has 2 atom stereocenters. The number of carbonyl (C=O) groups excluding carboxylic acids is 1. The van der Waals surface area contributed by atoms with Gasteiger partial charge in [0.25, 0.3) is 0 Å². The van der Waals surface area contributed by atoms with Crippen molar-refractivity contribution in [3.05, 3.63) is 12.7 Å². The van der Waals surface area contributed by atoms with Gasteiger partial charge in [0.1, 0.15) is 0 Å². The van der Waals surface area contributed by atoms with Gasteiger partial charge >= 0.3 is 0 Å². The van der Waals surface area contributed by atoms with Crippen molar-refractivity contribution in [2.24, 2.45) is 11.1 Å². The second-order valence-corrected chi connectivity index (χ2v) is 5.07. The van der Waals surface area contributed by atoms with Crippen LogP contribution in [0.5, 0.6) is 0 Å². The van der Waals surface area contributed by atoms with Gasteiger partial charge in [0.15, 0.2) is 0 Å². The fourth-order valence-electron chi connectivity index (χ4n) is 1.42. The summed E-state index contributed by atoms with van der Waals surface area (Å²) in [7, 11) is 0. The molecular formula is C12H24N2O2. The van der Waals surface area contributed by atoms with E-state index >= 15 is 0 Å². The lowest BCUT2D eigenvalue weighted by Crippen LogP contribution is -2.50. The van der Waals surface area contributed by atoms with Gasteiger partial charge in [0.05, 0.1) is 6.04 Å². The Kier molecular flexibility index (Phi) is 6.29. The summed E-state index contributed by atoms with van der Waals surface area (Å²) in [5, 5.41) is 11.8. The van der Waals surface area contributed by atoms with Crippen molar-refractivity contribution in [1.29, 1.82) is 0 Å². The molecule has 0 bridgehead atoms. The molecule has 4 N–H and O–H groups in total. The van der Waals surface area contributed by atoms with Gasteiger partial charge < -0.3 is 16.2 Å². The van der Waals surface area contributed by atoms with Gasteiger partial charge in [-0.3, -0.25) is 4.79 Å². The van der Waals surface area contributed by atoms with E-state index in [-0.39, 0.29) is 24.0 Å². The molecule has 0 spiro atoms. The largest absolute Gasteiger partial charge is 0.396 e. The van der Waals surface area contributed by atoms with Crippen molar-refractivity contribution in [3.63, 3.8) is 0 Å². The quantitative estimate of drug-likeness (QED) is 0.589. The van der Waals surface area contributed by atoms with Crippen molar-refractivity contribution in [3.8, 4) is 0 Å². The van der Waals surface area contributed by atoms with E-state index in [1.54, 1.807) is 6.08 Å². The van der Waals surface area contributed by atoms with Gasteiger partial charge in [-0.25, -0.2) is 0 Å². The molecule has 0 saturated heterocycles. The van der Waals surface area contributed by atoms with Crippen molar-refractivity contribution >= 4 is 5.91 Å². The third kappa shape index (κ3) is 5.28. The Hall–Kier alpha value is -0.870. The van der Waals surface area contributed by atoms with Crippen LogP contribution >= 0.6 is 0 Å². The van der Waals surface area contributed by atoms with Gasteiger partial charge in [0.2, 0.25) is 5.91 Å². The van der Waals surface area contributed by atoms with Crippen LogP contribution in [0.2, 0.25) is 0 Å². The number of carbonyl (C=O) groups is 1. The lowest BCUT2D eigenvalue weighted by Gasteiger charge is -2.31. The lowest BCUT2D eigenvalue weighted by atomic mass is 9.84. The fraction of sp³-hybridized carbons (Fsp3) is 0.750. The van der Waals surface area contributed by atoms with Gasteiger partial charge in [0, 0.05) is 12.6 Å². The fourth-order valence-corrected chi connectivity index (χ4v) is 1.42. The highest BCUT2D eigenvalue weighted by atomic mass is 16.3. The van der Waals surface area contributed by atoms with Crippen molar-refractivity contribution in [2.45, 2.75) is 45.7 Å². The van der Waals surface area contributed by atoms with E-state index < -0.39 is 6.04 Å². The minimum Gasteiger partial charge on any atom is -0.396 e. The van der Waals surface area contributed by atoms with Crippen molar-refractivity contribution in [2.75, 3.05) is 6.61 Å². The van der Waals surface area contributed by atoms with E-state index in [4.69, 9.17) is 10.8 Å². The molecule has 0 rings (SSSR count). The van der Waals surface area contributed by atoms with Crippen LogP contribution in [-0.4, -0.2) is 29.7 Å². The Bertz CT molecular complexity index is 234. The zero-order valence-corrected chi connectivity index (χ0v) is 10.5. The number of amides is 1. The summed E-state index contributed by atoms with van der Waals surface area (Å²) in [5.74, 6) is -0.187. The molecule has 0 aromatic carbocycles. The average molecular weight is 228 g/mol. The van der Waals surface area contributed by atoms with Crippen molar-refractivity contribution in [1.82, 2.24) is 5.32 Å². The molecule has 0 aliphatic carbocycles. The Morgan fingerprint density at radius 1 is 1.56 bits per heavy atom. The zero-order valence-electron chi connectivity index (χ0n) is 10.5. The number of hydrogen-bond donors (Lipinski definition) is 3. The normalized spacial score (nSPS) is 15.3. The number of rotatable bonds is 6. The van der Waals surface area contributed by atoms with Crippen LogP contribution < -0.4 is 11.1 Å². The highest BCUT2D eigenvalue weighted by Gasteiger charge is 2.27. The molecule has 0 heterocycles. The first-order valence-electron chi connectivity index (χ1n) is 5.60. The maximum absolute atomic E-state index is 11.7. The Labute approximate surface area is 97.9 Å². The molecule has 0 saturated carbocycles. The van der Waals surface area contributed by atoms with Crippen LogP contribution in [0.15, 0.2) is 12.7 Å². The van der Waals surface area contributed by atoms with Gasteiger partial charge in [-0.05, 0) is 18.3 Å². The summed E-state index contributed by atoms with van der Waals surface area (Å²) in [5.41, 5.74) is 5.58. The molecule has 1 amide bonds. The summed E-state index contributed by atoms with van der Waals surface area (Å²) in [4.78, 5) is 11.7. The minimum atomic E-state index is -0.555. The van der Waals surface area contributed by atoms with Crippen LogP contribution in [0, 0.1) is 5.41 Å². The molecule has 0 aliphatic heterocycles. The Balaban J connectivity index is 4.40. The van der Waals surface area contributed by atoms with E-state index in [1.807, 2.05) is 20.8 Å². The third-order valence-electron chi connectivity index (χ3n) is 2.54. The van der Waals surface area contributed by atoms with Crippen LogP contribution in [-0.2, 0) is 4.79 Å². The predicted molar refractivity (Wildman–Crippen MR) is 65.9 cm³/mol. The monoisotopic (exact) mass is 228 g/mol. The summed E-state index contributed by atoms with van der Waals surface area (Å²) < 4.78 is 0. The predicted octanol–water partition coefficient (Wildman–Crippen LogP) is 0.803. The topological polar surface area (TPSA) is 75.4 Å². The first kappa shape index (κ1) is 15.1.